The van der Waals surface area contributed by atoms with Gasteiger partial charge in [0, 0.05) is 26.2 Å². The number of hydrogen-bond acceptors (Lipinski definition) is 4. The van der Waals surface area contributed by atoms with Crippen LogP contribution in [0.15, 0.2) is 0 Å². The summed E-state index contributed by atoms with van der Waals surface area (Å²) in [6.07, 6.45) is 1.38. The predicted octanol–water partition coefficient (Wildman–Crippen LogP) is 0.677. The van der Waals surface area contributed by atoms with E-state index in [1.807, 2.05) is 0 Å². The van der Waals surface area contributed by atoms with Crippen LogP contribution in [0, 0.1) is 28.1 Å². The normalized spacial score (nSPS) is 20.9. The minimum atomic E-state index is -0.714. The van der Waals surface area contributed by atoms with Gasteiger partial charge in [-0.3, -0.25) is 0 Å². The molecule has 1 heterocycles. The Kier molecular flexibility index (Phi) is 4.08. The van der Waals surface area contributed by atoms with Crippen LogP contribution < -0.4 is 0 Å². The zero-order chi connectivity index (χ0) is 11.3. The van der Waals surface area contributed by atoms with Gasteiger partial charge in [0.2, 0.25) is 0 Å². The maximum atomic E-state index is 8.95. The van der Waals surface area contributed by atoms with Gasteiger partial charge in [-0.15, -0.1) is 0 Å². The van der Waals surface area contributed by atoms with E-state index in [0.717, 1.165) is 26.2 Å². The van der Waals surface area contributed by atoms with Crippen LogP contribution in [0.4, 0.5) is 0 Å². The van der Waals surface area contributed by atoms with Gasteiger partial charge in [-0.05, 0) is 26.9 Å². The van der Waals surface area contributed by atoms with Crippen molar-refractivity contribution in [3.05, 3.63) is 0 Å². The molecule has 0 amide bonds. The zero-order valence-electron chi connectivity index (χ0n) is 9.53. The lowest BCUT2D eigenvalue weighted by molar-refractivity contribution is 0.164. The first-order valence-corrected chi connectivity index (χ1v) is 5.31. The Hall–Kier alpha value is -1.10. The van der Waals surface area contributed by atoms with Crippen LogP contribution in [0.3, 0.4) is 0 Å². The van der Waals surface area contributed by atoms with E-state index in [1.54, 1.807) is 0 Å². The molecule has 1 rings (SSSR count). The Bertz CT molecular complexity index is 260. The second-order valence-corrected chi connectivity index (χ2v) is 4.45. The average molecular weight is 206 g/mol. The largest absolute Gasteiger partial charge is 0.308 e. The molecule has 0 radical (unpaired) electrons. The highest BCUT2D eigenvalue weighted by Gasteiger charge is 2.34. The summed E-state index contributed by atoms with van der Waals surface area (Å²) in [5.74, 6) is 0. The Balaban J connectivity index is 2.37. The predicted molar refractivity (Wildman–Crippen MR) is 57.9 cm³/mol. The van der Waals surface area contributed by atoms with Crippen molar-refractivity contribution in [2.45, 2.75) is 12.8 Å². The fourth-order valence-electron chi connectivity index (χ4n) is 1.75. The standard InChI is InChI=1S/C11H18N4/c1-14(2)7-8-15-5-3-11(9-12,10-13)4-6-15/h3-8H2,1-2H3. The molecule has 1 saturated heterocycles. The molecule has 82 valence electrons. The van der Waals surface area contributed by atoms with Crippen molar-refractivity contribution < 1.29 is 0 Å². The van der Waals surface area contributed by atoms with Gasteiger partial charge in [0.25, 0.3) is 0 Å². The van der Waals surface area contributed by atoms with Gasteiger partial charge < -0.3 is 9.80 Å². The number of likely N-dealkylation sites (N-methyl/N-ethyl adjacent to an activating group) is 1. The summed E-state index contributed by atoms with van der Waals surface area (Å²) >= 11 is 0. The van der Waals surface area contributed by atoms with E-state index in [9.17, 15) is 0 Å². The maximum absolute atomic E-state index is 8.95. The van der Waals surface area contributed by atoms with E-state index in [2.05, 4.69) is 36.0 Å². The highest BCUT2D eigenvalue weighted by Crippen LogP contribution is 2.29. The van der Waals surface area contributed by atoms with Gasteiger partial charge >= 0.3 is 0 Å². The summed E-state index contributed by atoms with van der Waals surface area (Å²) in [7, 11) is 4.11. The molecule has 4 heteroatoms. The van der Waals surface area contributed by atoms with Gasteiger partial charge in [0.15, 0.2) is 0 Å². The molecule has 0 atom stereocenters. The van der Waals surface area contributed by atoms with Crippen molar-refractivity contribution in [3.63, 3.8) is 0 Å². The lowest BCUT2D eigenvalue weighted by Crippen LogP contribution is -2.41. The second kappa shape index (κ2) is 5.11. The van der Waals surface area contributed by atoms with Gasteiger partial charge in [-0.2, -0.15) is 10.5 Å². The van der Waals surface area contributed by atoms with E-state index in [4.69, 9.17) is 10.5 Å². The first-order chi connectivity index (χ1) is 7.12. The third-order valence-corrected chi connectivity index (χ3v) is 3.00. The summed E-state index contributed by atoms with van der Waals surface area (Å²) < 4.78 is 0. The molecule has 15 heavy (non-hydrogen) atoms. The minimum absolute atomic E-state index is 0.688. The summed E-state index contributed by atoms with van der Waals surface area (Å²) in [4.78, 5) is 4.48. The molecule has 0 bridgehead atoms. The van der Waals surface area contributed by atoms with E-state index in [-0.39, 0.29) is 0 Å². The van der Waals surface area contributed by atoms with Gasteiger partial charge in [-0.1, -0.05) is 0 Å². The van der Waals surface area contributed by atoms with E-state index >= 15 is 0 Å². The van der Waals surface area contributed by atoms with Crippen LogP contribution in [0.1, 0.15) is 12.8 Å². The van der Waals surface area contributed by atoms with Crippen molar-refractivity contribution in [1.82, 2.24) is 9.80 Å². The van der Waals surface area contributed by atoms with Crippen LogP contribution >= 0.6 is 0 Å². The summed E-state index contributed by atoms with van der Waals surface area (Å²) in [6.45, 7) is 3.80. The molecule has 0 unspecified atom stereocenters. The molecule has 0 aromatic carbocycles. The summed E-state index contributed by atoms with van der Waals surface area (Å²) in [6, 6.07) is 4.31. The first-order valence-electron chi connectivity index (χ1n) is 5.31. The summed E-state index contributed by atoms with van der Waals surface area (Å²) in [5.41, 5.74) is -0.714. The first kappa shape index (κ1) is 12.0. The molecule has 0 saturated carbocycles. The fraction of sp³-hybridized carbons (Fsp3) is 0.818. The minimum Gasteiger partial charge on any atom is -0.308 e. The number of nitriles is 2. The molecule has 0 spiro atoms. The smallest absolute Gasteiger partial charge is 0.146 e. The molecule has 0 aromatic rings. The molecule has 1 aliphatic heterocycles. The van der Waals surface area contributed by atoms with Crippen molar-refractivity contribution in [3.8, 4) is 12.1 Å². The fourth-order valence-corrected chi connectivity index (χ4v) is 1.75. The van der Waals surface area contributed by atoms with Crippen LogP contribution in [0.2, 0.25) is 0 Å². The molecule has 0 aliphatic carbocycles. The van der Waals surface area contributed by atoms with E-state index in [0.29, 0.717) is 12.8 Å². The second-order valence-electron chi connectivity index (χ2n) is 4.45. The van der Waals surface area contributed by atoms with Gasteiger partial charge in [0.05, 0.1) is 12.1 Å². The molecular formula is C11H18N4. The highest BCUT2D eigenvalue weighted by atomic mass is 15.2. The number of rotatable bonds is 3. The monoisotopic (exact) mass is 206 g/mol. The number of nitrogens with zero attached hydrogens (tertiary/aromatic N) is 4. The van der Waals surface area contributed by atoms with Crippen molar-refractivity contribution in [1.29, 1.82) is 10.5 Å². The lowest BCUT2D eigenvalue weighted by atomic mass is 9.81. The van der Waals surface area contributed by atoms with E-state index < -0.39 is 5.41 Å². The van der Waals surface area contributed by atoms with Gasteiger partial charge in [0.1, 0.15) is 5.41 Å². The Morgan fingerprint density at radius 3 is 2.13 bits per heavy atom. The molecule has 0 aromatic heterocycles. The zero-order valence-corrected chi connectivity index (χ0v) is 9.53. The van der Waals surface area contributed by atoms with Crippen LogP contribution in [-0.2, 0) is 0 Å². The highest BCUT2D eigenvalue weighted by molar-refractivity contribution is 5.15. The SMILES string of the molecule is CN(C)CCN1CCC(C#N)(C#N)CC1. The molecule has 0 N–H and O–H groups in total. The van der Waals surface area contributed by atoms with Crippen LogP contribution in [-0.4, -0.2) is 50.1 Å². The third-order valence-electron chi connectivity index (χ3n) is 3.00. The molecule has 1 fully saturated rings. The molecule has 4 nitrogen and oxygen atoms in total. The Morgan fingerprint density at radius 2 is 1.73 bits per heavy atom. The lowest BCUT2D eigenvalue weighted by Gasteiger charge is -2.33. The van der Waals surface area contributed by atoms with Gasteiger partial charge in [-0.25, -0.2) is 0 Å². The van der Waals surface area contributed by atoms with E-state index in [1.165, 1.54) is 0 Å². The van der Waals surface area contributed by atoms with Crippen LogP contribution in [0.5, 0.6) is 0 Å². The topological polar surface area (TPSA) is 54.1 Å². The average Bonchev–Trinajstić information content (AvgIpc) is 2.27. The quantitative estimate of drug-likeness (QED) is 0.681. The van der Waals surface area contributed by atoms with Crippen molar-refractivity contribution in [2.24, 2.45) is 5.41 Å². The third kappa shape index (κ3) is 3.20. The maximum Gasteiger partial charge on any atom is 0.146 e. The number of piperidine rings is 1. The molecular weight excluding hydrogens is 188 g/mol. The molecule has 1 aliphatic rings. The number of likely N-dealkylation sites (tertiary alicyclic amines) is 1. The Labute approximate surface area is 91.7 Å². The summed E-state index contributed by atoms with van der Waals surface area (Å²) in [5, 5.41) is 17.9. The Morgan fingerprint density at radius 1 is 1.20 bits per heavy atom. The van der Waals surface area contributed by atoms with Crippen LogP contribution in [0.25, 0.3) is 0 Å². The van der Waals surface area contributed by atoms with Crippen molar-refractivity contribution in [2.75, 3.05) is 40.3 Å². The number of hydrogen-bond donors (Lipinski definition) is 0. The van der Waals surface area contributed by atoms with Crippen molar-refractivity contribution >= 4 is 0 Å².